The smallest absolute Gasteiger partial charge is 0.119 e. The van der Waals surface area contributed by atoms with Crippen molar-refractivity contribution in [2.75, 3.05) is 0 Å². The molecule has 0 spiro atoms. The minimum Gasteiger partial charge on any atom is -0.508 e. The minimum atomic E-state index is -0.0825. The van der Waals surface area contributed by atoms with E-state index >= 15 is 0 Å². The quantitative estimate of drug-likeness (QED) is 0.125. The third-order valence-electron chi connectivity index (χ3n) is 9.05. The molecule has 7 aromatic carbocycles. The number of hydrogen-bond donors (Lipinski definition) is 1. The maximum Gasteiger partial charge on any atom is 0.119 e. The van der Waals surface area contributed by atoms with Crippen LogP contribution in [-0.2, 0) is 19.8 Å². The van der Waals surface area contributed by atoms with Gasteiger partial charge in [-0.2, -0.15) is 0 Å². The Hall–Kier alpha value is -6.26. The Balaban J connectivity index is 1.21. The van der Waals surface area contributed by atoms with E-state index in [1.807, 2.05) is 78.9 Å². The molecule has 0 bridgehead atoms. The highest BCUT2D eigenvalue weighted by Gasteiger charge is 2.29. The largest absolute Gasteiger partial charge is 0.508 e. The van der Waals surface area contributed by atoms with Gasteiger partial charge in [-0.15, -0.1) is 0 Å². The van der Waals surface area contributed by atoms with Crippen molar-refractivity contribution in [3.05, 3.63) is 227 Å². The molecule has 0 amide bonds. The van der Waals surface area contributed by atoms with Gasteiger partial charge in [-0.25, -0.2) is 0 Å². The number of benzene rings is 7. The van der Waals surface area contributed by atoms with Gasteiger partial charge in [-0.1, -0.05) is 140 Å². The van der Waals surface area contributed by atoms with Gasteiger partial charge in [-0.3, -0.25) is 0 Å². The molecule has 0 aromatic heterocycles. The van der Waals surface area contributed by atoms with Crippen LogP contribution in [0, 0.1) is 0 Å². The Morgan fingerprint density at radius 1 is 0.314 bits per heavy atom. The number of rotatable bonds is 14. The zero-order chi connectivity index (χ0) is 34.7. The van der Waals surface area contributed by atoms with Crippen molar-refractivity contribution in [2.45, 2.75) is 31.7 Å². The molecule has 0 aliphatic rings. The second-order valence-corrected chi connectivity index (χ2v) is 12.6. The van der Waals surface area contributed by atoms with Gasteiger partial charge in [-0.05, 0) is 87.5 Å². The van der Waals surface area contributed by atoms with Gasteiger partial charge >= 0.3 is 0 Å². The van der Waals surface area contributed by atoms with Crippen LogP contribution in [-0.4, -0.2) is 5.11 Å². The molecule has 0 saturated carbocycles. The van der Waals surface area contributed by atoms with Crippen molar-refractivity contribution >= 4 is 0 Å². The van der Waals surface area contributed by atoms with Gasteiger partial charge in [0.25, 0.3) is 0 Å². The summed E-state index contributed by atoms with van der Waals surface area (Å²) in [6, 6.07) is 63.4. The summed E-state index contributed by atoms with van der Waals surface area (Å²) in [5.41, 5.74) is 7.87. The summed E-state index contributed by atoms with van der Waals surface area (Å²) in [6.07, 6.45) is 0. The molecule has 0 aliphatic carbocycles. The van der Waals surface area contributed by atoms with Gasteiger partial charge in [0.05, 0.1) is 0 Å². The summed E-state index contributed by atoms with van der Waals surface area (Å²) in [6.45, 7) is 1.51. The summed E-state index contributed by atoms with van der Waals surface area (Å²) >= 11 is 0. The summed E-state index contributed by atoms with van der Waals surface area (Å²) in [7, 11) is 0. The highest BCUT2D eigenvalue weighted by Crippen LogP contribution is 2.44. The monoisotopic (exact) mass is 668 g/mol. The molecular formula is C47H40O4. The van der Waals surface area contributed by atoms with Gasteiger partial charge in [0.1, 0.15) is 42.8 Å². The molecule has 1 unspecified atom stereocenters. The zero-order valence-electron chi connectivity index (χ0n) is 28.3. The fourth-order valence-corrected chi connectivity index (χ4v) is 6.37. The van der Waals surface area contributed by atoms with E-state index in [4.69, 9.17) is 14.2 Å². The Bertz CT molecular complexity index is 1970. The van der Waals surface area contributed by atoms with Gasteiger partial charge in [0.2, 0.25) is 0 Å². The molecule has 0 aliphatic heterocycles. The highest BCUT2D eigenvalue weighted by molar-refractivity contribution is 5.48. The van der Waals surface area contributed by atoms with Crippen LogP contribution in [0.4, 0.5) is 0 Å². The second kappa shape index (κ2) is 16.4. The maximum absolute atomic E-state index is 10.3. The number of aromatic hydroxyl groups is 1. The Morgan fingerprint density at radius 3 is 0.843 bits per heavy atom. The summed E-state index contributed by atoms with van der Waals surface area (Å²) in [5, 5.41) is 10.3. The predicted molar refractivity (Wildman–Crippen MR) is 203 cm³/mol. The number of phenols is 1. The SMILES string of the molecule is Oc1ccc(C(c2ccc(OCc3ccccc3)cc2)C(c2ccc(OCc3ccccc3)cc2)c2ccc(OCc3ccccc3)cc2)cc1. The zero-order valence-corrected chi connectivity index (χ0v) is 28.3. The van der Waals surface area contributed by atoms with Crippen LogP contribution in [0.15, 0.2) is 188 Å². The average Bonchev–Trinajstić information content (AvgIpc) is 3.20. The van der Waals surface area contributed by atoms with Crippen molar-refractivity contribution in [1.82, 2.24) is 0 Å². The van der Waals surface area contributed by atoms with Crippen LogP contribution in [0.1, 0.15) is 50.8 Å². The van der Waals surface area contributed by atoms with E-state index in [0.717, 1.165) is 56.2 Å². The van der Waals surface area contributed by atoms with Crippen LogP contribution >= 0.6 is 0 Å². The summed E-state index contributed by atoms with van der Waals surface area (Å²) < 4.78 is 18.5. The normalized spacial score (nSPS) is 11.5. The van der Waals surface area contributed by atoms with E-state index in [1.165, 1.54) is 0 Å². The lowest BCUT2D eigenvalue weighted by atomic mass is 9.73. The van der Waals surface area contributed by atoms with E-state index in [1.54, 1.807) is 12.1 Å². The van der Waals surface area contributed by atoms with Crippen LogP contribution < -0.4 is 14.2 Å². The predicted octanol–water partition coefficient (Wildman–Crippen LogP) is 11.1. The molecule has 1 N–H and O–H groups in total. The average molecular weight is 669 g/mol. The van der Waals surface area contributed by atoms with Crippen molar-refractivity contribution in [1.29, 1.82) is 0 Å². The first-order chi connectivity index (χ1) is 25.2. The fraction of sp³-hybridized carbons (Fsp3) is 0.106. The van der Waals surface area contributed by atoms with Gasteiger partial charge < -0.3 is 19.3 Å². The third kappa shape index (κ3) is 8.86. The lowest BCUT2D eigenvalue weighted by Crippen LogP contribution is -2.15. The van der Waals surface area contributed by atoms with Crippen LogP contribution in [0.25, 0.3) is 0 Å². The third-order valence-corrected chi connectivity index (χ3v) is 9.05. The lowest BCUT2D eigenvalue weighted by molar-refractivity contribution is 0.306. The topological polar surface area (TPSA) is 47.9 Å². The number of ether oxygens (including phenoxy) is 3. The van der Waals surface area contributed by atoms with Crippen LogP contribution in [0.3, 0.4) is 0 Å². The minimum absolute atomic E-state index is 0.0722. The molecule has 252 valence electrons. The van der Waals surface area contributed by atoms with Gasteiger partial charge in [0.15, 0.2) is 0 Å². The summed E-state index contributed by atoms with van der Waals surface area (Å²) in [5.74, 6) is 2.51. The van der Waals surface area contributed by atoms with Crippen molar-refractivity contribution < 1.29 is 19.3 Å². The highest BCUT2D eigenvalue weighted by atomic mass is 16.5. The fourth-order valence-electron chi connectivity index (χ4n) is 6.37. The van der Waals surface area contributed by atoms with Gasteiger partial charge in [0, 0.05) is 11.8 Å². The van der Waals surface area contributed by atoms with Crippen molar-refractivity contribution in [3.63, 3.8) is 0 Å². The molecule has 1 atom stereocenters. The van der Waals surface area contributed by atoms with Crippen LogP contribution in [0.5, 0.6) is 23.0 Å². The molecule has 7 aromatic rings. The molecular weight excluding hydrogens is 629 g/mol. The Labute approximate surface area is 300 Å². The van der Waals surface area contributed by atoms with E-state index in [9.17, 15) is 5.11 Å². The number of hydrogen-bond acceptors (Lipinski definition) is 4. The molecule has 51 heavy (non-hydrogen) atoms. The van der Waals surface area contributed by atoms with E-state index in [0.29, 0.717) is 19.8 Å². The molecule has 0 fully saturated rings. The lowest BCUT2D eigenvalue weighted by Gasteiger charge is -2.30. The maximum atomic E-state index is 10.3. The van der Waals surface area contributed by atoms with E-state index in [-0.39, 0.29) is 17.6 Å². The van der Waals surface area contributed by atoms with Crippen molar-refractivity contribution in [3.8, 4) is 23.0 Å². The Kier molecular flexibility index (Phi) is 10.7. The first kappa shape index (κ1) is 33.2. The first-order valence-electron chi connectivity index (χ1n) is 17.3. The molecule has 0 radical (unpaired) electrons. The second-order valence-electron chi connectivity index (χ2n) is 12.6. The Morgan fingerprint density at radius 2 is 0.569 bits per heavy atom. The molecule has 0 saturated heterocycles. The van der Waals surface area contributed by atoms with Crippen molar-refractivity contribution in [2.24, 2.45) is 0 Å². The molecule has 0 heterocycles. The molecule has 4 nitrogen and oxygen atoms in total. The summed E-state index contributed by atoms with van der Waals surface area (Å²) in [4.78, 5) is 0. The standard InChI is InChI=1S/C47H40O4/c48-42-24-16-38(17-25-42)46(39-18-26-43(27-19-39)49-32-35-10-4-1-5-11-35)47(40-20-28-44(29-21-40)50-33-36-12-6-2-7-13-36)41-22-30-45(31-23-41)51-34-37-14-8-3-9-15-37/h1-31,46-48H,32-34H2. The number of phenolic OH excluding ortho intramolecular Hbond substituents is 1. The molecule has 4 heteroatoms. The first-order valence-corrected chi connectivity index (χ1v) is 17.3. The van der Waals surface area contributed by atoms with E-state index in [2.05, 4.69) is 97.1 Å². The van der Waals surface area contributed by atoms with Crippen LogP contribution in [0.2, 0.25) is 0 Å². The van der Waals surface area contributed by atoms with E-state index < -0.39 is 0 Å². The molecule has 7 rings (SSSR count).